The lowest BCUT2D eigenvalue weighted by atomic mass is 9.90. The van der Waals surface area contributed by atoms with Gasteiger partial charge in [-0.2, -0.15) is 0 Å². The number of aromatic nitrogens is 4. The van der Waals surface area contributed by atoms with Crippen LogP contribution in [0.25, 0.3) is 22.4 Å². The van der Waals surface area contributed by atoms with Gasteiger partial charge in [-0.25, -0.2) is 31.7 Å². The average Bonchev–Trinajstić information content (AvgIpc) is 3.25. The number of halogens is 2. The van der Waals surface area contributed by atoms with E-state index in [1.54, 1.807) is 30.3 Å². The third-order valence-electron chi connectivity index (χ3n) is 6.60. The van der Waals surface area contributed by atoms with Gasteiger partial charge < -0.3 is 10.6 Å². The van der Waals surface area contributed by atoms with Gasteiger partial charge in [-0.3, -0.25) is 0 Å². The van der Waals surface area contributed by atoms with Gasteiger partial charge >= 0.3 is 0 Å². The summed E-state index contributed by atoms with van der Waals surface area (Å²) in [5, 5.41) is 7.29. The topological polar surface area (TPSA) is 102 Å². The highest BCUT2D eigenvalue weighted by Crippen LogP contribution is 2.33. The quantitative estimate of drug-likeness (QED) is 0.371. The summed E-state index contributed by atoms with van der Waals surface area (Å²) in [4.78, 5) is 13.0. The maximum atomic E-state index is 14.8. The van der Waals surface area contributed by atoms with Gasteiger partial charge in [0.1, 0.15) is 0 Å². The lowest BCUT2D eigenvalue weighted by molar-refractivity contribution is 0.360. The molecule has 5 rings (SSSR count). The van der Waals surface area contributed by atoms with Crippen LogP contribution in [0, 0.1) is 12.7 Å². The van der Waals surface area contributed by atoms with E-state index in [1.807, 2.05) is 14.0 Å². The van der Waals surface area contributed by atoms with E-state index in [-0.39, 0.29) is 34.3 Å². The molecule has 1 fully saturated rings. The molecule has 1 aliphatic carbocycles. The molecule has 2 N–H and O–H groups in total. The maximum Gasteiger partial charge on any atom is 0.269 e. The van der Waals surface area contributed by atoms with E-state index < -0.39 is 15.8 Å². The summed E-state index contributed by atoms with van der Waals surface area (Å²) >= 11 is 6.21. The molecule has 3 heterocycles. The molecule has 1 saturated carbocycles. The van der Waals surface area contributed by atoms with Gasteiger partial charge in [-0.1, -0.05) is 42.1 Å². The molecule has 0 amide bonds. The number of nitrogens with zero attached hydrogens (tertiary/aromatic N) is 4. The molecule has 36 heavy (non-hydrogen) atoms. The molecule has 1 aliphatic rings. The first-order valence-corrected chi connectivity index (χ1v) is 13.6. The second-order valence-electron chi connectivity index (χ2n) is 9.00. The van der Waals surface area contributed by atoms with Crippen molar-refractivity contribution in [3.8, 4) is 11.4 Å². The molecule has 0 saturated heterocycles. The van der Waals surface area contributed by atoms with Crippen molar-refractivity contribution in [3.63, 3.8) is 0 Å². The maximum absolute atomic E-state index is 14.8. The number of rotatable bonds is 6. The highest BCUT2D eigenvalue weighted by Gasteiger charge is 2.27. The second kappa shape index (κ2) is 9.76. The van der Waals surface area contributed by atoms with Crippen LogP contribution in [0.2, 0.25) is 5.02 Å². The van der Waals surface area contributed by atoms with Crippen LogP contribution in [0.4, 0.5) is 10.2 Å². The van der Waals surface area contributed by atoms with Gasteiger partial charge in [-0.05, 0) is 45.0 Å². The number of hydrogen-bond donors (Lipinski definition) is 2. The minimum atomic E-state index is -3.98. The smallest absolute Gasteiger partial charge is 0.269 e. The Morgan fingerprint density at radius 3 is 2.53 bits per heavy atom. The molecule has 4 aromatic rings. The first-order chi connectivity index (χ1) is 17.3. The molecule has 0 spiro atoms. The Balaban J connectivity index is 1.61. The van der Waals surface area contributed by atoms with E-state index in [0.717, 1.165) is 41.4 Å². The van der Waals surface area contributed by atoms with Crippen LogP contribution in [-0.4, -0.2) is 46.5 Å². The van der Waals surface area contributed by atoms with Crippen molar-refractivity contribution < 1.29 is 12.8 Å². The monoisotopic (exact) mass is 528 g/mol. The number of likely N-dealkylation sites (N-methyl/N-ethyl adjacent to an activating group) is 1. The second-order valence-corrected chi connectivity index (χ2v) is 11.3. The molecule has 1 aromatic carbocycles. The lowest BCUT2D eigenvalue weighted by Crippen LogP contribution is -2.44. The Bertz CT molecular complexity index is 1520. The molecule has 2 atom stereocenters. The Labute approximate surface area is 214 Å². The van der Waals surface area contributed by atoms with Crippen LogP contribution >= 0.6 is 11.6 Å². The van der Waals surface area contributed by atoms with E-state index in [9.17, 15) is 12.8 Å². The van der Waals surface area contributed by atoms with Crippen molar-refractivity contribution in [2.24, 2.45) is 0 Å². The number of anilines is 1. The summed E-state index contributed by atoms with van der Waals surface area (Å²) in [5.74, 6) is -0.335. The highest BCUT2D eigenvalue weighted by atomic mass is 35.5. The number of benzene rings is 1. The van der Waals surface area contributed by atoms with E-state index in [1.165, 1.54) is 12.4 Å². The zero-order chi connectivity index (χ0) is 25.4. The molecular weight excluding hydrogens is 503 g/mol. The van der Waals surface area contributed by atoms with Gasteiger partial charge in [0.15, 0.2) is 23.1 Å². The summed E-state index contributed by atoms with van der Waals surface area (Å²) < 4.78 is 42.9. The molecular formula is C25H26ClFN6O2S. The van der Waals surface area contributed by atoms with Crippen molar-refractivity contribution in [3.05, 3.63) is 65.3 Å². The first kappa shape index (κ1) is 24.6. The fourth-order valence-electron chi connectivity index (χ4n) is 4.66. The number of aryl methyl sites for hydroxylation is 1. The van der Waals surface area contributed by atoms with Crippen LogP contribution < -0.4 is 10.6 Å². The van der Waals surface area contributed by atoms with E-state index in [2.05, 4.69) is 25.6 Å². The number of fused-ring (bicyclic) bond motifs is 1. The molecule has 0 bridgehead atoms. The van der Waals surface area contributed by atoms with Gasteiger partial charge in [-0.15, -0.1) is 0 Å². The fraction of sp³-hybridized carbons (Fsp3) is 0.320. The van der Waals surface area contributed by atoms with Gasteiger partial charge in [0.05, 0.1) is 16.1 Å². The van der Waals surface area contributed by atoms with Crippen LogP contribution in [0.15, 0.2) is 53.8 Å². The van der Waals surface area contributed by atoms with Crippen molar-refractivity contribution >= 4 is 38.5 Å². The average molecular weight is 529 g/mol. The van der Waals surface area contributed by atoms with E-state index in [4.69, 9.17) is 11.6 Å². The SMILES string of the molecule is CN[C@H]1CCCC[C@@H]1Nc1nc(-c2cn(S(=O)(=O)c3ccc(C)cc3)c3ncc(Cl)cc23)ncc1F. The minimum absolute atomic E-state index is 0.0142. The van der Waals surface area contributed by atoms with E-state index >= 15 is 0 Å². The normalized spacial score (nSPS) is 18.4. The molecule has 188 valence electrons. The zero-order valence-corrected chi connectivity index (χ0v) is 21.4. The lowest BCUT2D eigenvalue weighted by Gasteiger charge is -2.32. The Kier molecular flexibility index (Phi) is 6.67. The Morgan fingerprint density at radius 1 is 1.08 bits per heavy atom. The van der Waals surface area contributed by atoms with Gasteiger partial charge in [0, 0.05) is 35.4 Å². The summed E-state index contributed by atoms with van der Waals surface area (Å²) in [6, 6.07) is 8.37. The largest absolute Gasteiger partial charge is 0.363 e. The molecule has 11 heteroatoms. The van der Waals surface area contributed by atoms with Gasteiger partial charge in [0.25, 0.3) is 10.0 Å². The highest BCUT2D eigenvalue weighted by molar-refractivity contribution is 7.90. The summed E-state index contributed by atoms with van der Waals surface area (Å²) in [6.07, 6.45) is 7.93. The number of hydrogen-bond acceptors (Lipinski definition) is 7. The fourth-order valence-corrected chi connectivity index (χ4v) is 6.14. The molecule has 0 unspecified atom stereocenters. The summed E-state index contributed by atoms with van der Waals surface area (Å²) in [6.45, 7) is 1.88. The minimum Gasteiger partial charge on any atom is -0.363 e. The summed E-state index contributed by atoms with van der Waals surface area (Å²) in [7, 11) is -2.08. The first-order valence-electron chi connectivity index (χ1n) is 11.7. The van der Waals surface area contributed by atoms with Crippen LogP contribution in [0.1, 0.15) is 31.2 Å². The predicted octanol–water partition coefficient (Wildman–Crippen LogP) is 4.77. The van der Waals surface area contributed by atoms with Crippen molar-refractivity contribution in [2.45, 2.75) is 49.6 Å². The Hall–Kier alpha value is -3.08. The van der Waals surface area contributed by atoms with Crippen LogP contribution in [-0.2, 0) is 10.0 Å². The molecule has 8 nitrogen and oxygen atoms in total. The van der Waals surface area contributed by atoms with Crippen molar-refractivity contribution in [1.29, 1.82) is 0 Å². The van der Waals surface area contributed by atoms with Crippen LogP contribution in [0.5, 0.6) is 0 Å². The standard InChI is InChI=1S/C25H26ClFN6O2S/c1-15-7-9-17(10-8-15)36(34,35)33-14-19(18-11-16(26)12-30-25(18)33)23-29-13-20(27)24(32-23)31-22-6-4-3-5-21(22)28-2/h7-14,21-22,28H,3-6H2,1-2H3,(H,29,31,32)/t21-,22-/m0/s1. The molecule has 0 aliphatic heterocycles. The number of nitrogens with one attached hydrogen (secondary N) is 2. The van der Waals surface area contributed by atoms with Crippen molar-refractivity contribution in [2.75, 3.05) is 12.4 Å². The molecule has 0 radical (unpaired) electrons. The molecule has 3 aromatic heterocycles. The van der Waals surface area contributed by atoms with E-state index in [0.29, 0.717) is 16.0 Å². The third-order valence-corrected chi connectivity index (χ3v) is 8.47. The third kappa shape index (κ3) is 4.56. The van der Waals surface area contributed by atoms with Crippen molar-refractivity contribution in [1.82, 2.24) is 24.2 Å². The Morgan fingerprint density at radius 2 is 1.81 bits per heavy atom. The van der Waals surface area contributed by atoms with Crippen LogP contribution in [0.3, 0.4) is 0 Å². The zero-order valence-electron chi connectivity index (χ0n) is 19.9. The summed E-state index contributed by atoms with van der Waals surface area (Å²) in [5.41, 5.74) is 1.50. The number of pyridine rings is 1. The predicted molar refractivity (Wildman–Crippen MR) is 138 cm³/mol. The van der Waals surface area contributed by atoms with Gasteiger partial charge in [0.2, 0.25) is 0 Å².